The standard InChI is InChI=1S/C47H33BN7.Pt/c1-52-27-28-53(33-52)39-29-37(31-49-32-39)48(36-24-25-41-40-21-11-12-22-42(40)54(43(41)30-36)44-23-13-14-26-50-44)45-46(34-15-5-2-6-16-34)51-55(38-19-9-4-10-20-38)47(45)35-17-7-3-8-18-35;/h2-28,31-33H,1H3;/q-3;. The third kappa shape index (κ3) is 6.22. The van der Waals surface area contributed by atoms with Gasteiger partial charge in [-0.15, -0.1) is 5.39 Å². The predicted octanol–water partition coefficient (Wildman–Crippen LogP) is 7.55. The Balaban J connectivity index is 0.00000410. The maximum absolute atomic E-state index is 5.49. The molecule has 4 aromatic heterocycles. The third-order valence-corrected chi connectivity index (χ3v) is 10.1. The molecular formula is C47H33BN7Pt-3. The van der Waals surface area contributed by atoms with Crippen molar-refractivity contribution >= 4 is 50.6 Å². The predicted molar refractivity (Wildman–Crippen MR) is 223 cm³/mol. The largest absolute Gasteiger partial charge is 0.510 e. The summed E-state index contributed by atoms with van der Waals surface area (Å²) in [5, 5.41) is 7.74. The molecule has 0 bridgehead atoms. The van der Waals surface area contributed by atoms with Crippen LogP contribution >= 0.6 is 0 Å². The van der Waals surface area contributed by atoms with Crippen LogP contribution in [0.1, 0.15) is 0 Å². The van der Waals surface area contributed by atoms with E-state index in [0.29, 0.717) is 0 Å². The number of hydrogen-bond acceptors (Lipinski definition) is 5. The molecule has 272 valence electrons. The van der Waals surface area contributed by atoms with E-state index in [9.17, 15) is 0 Å². The van der Waals surface area contributed by atoms with E-state index >= 15 is 0 Å². The van der Waals surface area contributed by atoms with E-state index in [1.54, 1.807) is 0 Å². The van der Waals surface area contributed by atoms with Gasteiger partial charge in [0.15, 0.2) is 6.71 Å². The van der Waals surface area contributed by atoms with Crippen LogP contribution in [-0.4, -0.2) is 43.0 Å². The second-order valence-corrected chi connectivity index (χ2v) is 13.6. The summed E-state index contributed by atoms with van der Waals surface area (Å²) in [5.74, 6) is 0.834. The number of rotatable bonds is 8. The van der Waals surface area contributed by atoms with Crippen molar-refractivity contribution < 1.29 is 21.1 Å². The van der Waals surface area contributed by atoms with Gasteiger partial charge in [0.05, 0.1) is 17.1 Å². The van der Waals surface area contributed by atoms with E-state index < -0.39 is 0 Å². The first kappa shape index (κ1) is 35.2. The van der Waals surface area contributed by atoms with Crippen LogP contribution in [0.4, 0.5) is 5.69 Å². The quantitative estimate of drug-likeness (QED) is 0.117. The number of hydrogen-bond donors (Lipinski definition) is 0. The molecule has 0 radical (unpaired) electrons. The minimum absolute atomic E-state index is 0. The van der Waals surface area contributed by atoms with Gasteiger partial charge in [0.25, 0.3) is 0 Å². The van der Waals surface area contributed by atoms with E-state index in [1.807, 2.05) is 84.8 Å². The van der Waals surface area contributed by atoms with E-state index in [1.165, 1.54) is 0 Å². The fourth-order valence-electron chi connectivity index (χ4n) is 7.69. The van der Waals surface area contributed by atoms with E-state index in [-0.39, 0.29) is 27.8 Å². The van der Waals surface area contributed by atoms with Crippen LogP contribution in [0.3, 0.4) is 0 Å². The molecule has 0 N–H and O–H groups in total. The molecule has 0 fully saturated rings. The molecule has 9 aromatic rings. The number of benzene rings is 5. The van der Waals surface area contributed by atoms with E-state index in [2.05, 4.69) is 137 Å². The van der Waals surface area contributed by atoms with Gasteiger partial charge in [-0.2, -0.15) is 47.0 Å². The molecule has 1 aliphatic rings. The summed E-state index contributed by atoms with van der Waals surface area (Å²) in [6.45, 7) is 1.63. The average Bonchev–Trinajstić information content (AvgIpc) is 3.96. The Hall–Kier alpha value is -6.50. The maximum Gasteiger partial charge on any atom is 0.198 e. The molecule has 0 spiro atoms. The van der Waals surface area contributed by atoms with Crippen molar-refractivity contribution in [2.75, 3.05) is 11.9 Å². The summed E-state index contributed by atoms with van der Waals surface area (Å²) in [5.41, 5.74) is 10.6. The zero-order valence-corrected chi connectivity index (χ0v) is 32.6. The molecule has 10 rings (SSSR count). The van der Waals surface area contributed by atoms with Gasteiger partial charge < -0.3 is 19.4 Å². The second kappa shape index (κ2) is 15.0. The van der Waals surface area contributed by atoms with Gasteiger partial charge in [0.2, 0.25) is 0 Å². The molecule has 5 heterocycles. The second-order valence-electron chi connectivity index (χ2n) is 13.6. The van der Waals surface area contributed by atoms with Crippen molar-refractivity contribution in [3.05, 3.63) is 195 Å². The van der Waals surface area contributed by atoms with Crippen LogP contribution in [-0.2, 0) is 21.1 Å². The molecule has 56 heavy (non-hydrogen) atoms. The summed E-state index contributed by atoms with van der Waals surface area (Å²) in [7, 11) is 2.01. The summed E-state index contributed by atoms with van der Waals surface area (Å²) >= 11 is 0. The maximum atomic E-state index is 5.49. The molecule has 7 nitrogen and oxygen atoms in total. The third-order valence-electron chi connectivity index (χ3n) is 10.1. The van der Waals surface area contributed by atoms with Crippen molar-refractivity contribution in [2.24, 2.45) is 0 Å². The number of anilines is 1. The molecule has 0 aliphatic carbocycles. The van der Waals surface area contributed by atoms with Crippen molar-refractivity contribution in [2.45, 2.75) is 0 Å². The average molecular weight is 902 g/mol. The number of fused-ring (bicyclic) bond motifs is 3. The number of para-hydroxylation sites is 2. The number of aromatic nitrogens is 5. The first-order valence-corrected chi connectivity index (χ1v) is 18.3. The zero-order valence-electron chi connectivity index (χ0n) is 30.3. The van der Waals surface area contributed by atoms with E-state index in [0.717, 1.165) is 77.9 Å². The molecule has 5 aromatic carbocycles. The van der Waals surface area contributed by atoms with Gasteiger partial charge in [-0.1, -0.05) is 127 Å². The van der Waals surface area contributed by atoms with Crippen LogP contribution in [0.5, 0.6) is 0 Å². The summed E-state index contributed by atoms with van der Waals surface area (Å²) < 4.78 is 4.31. The first-order chi connectivity index (χ1) is 27.2. The Morgan fingerprint density at radius 3 is 2.09 bits per heavy atom. The van der Waals surface area contributed by atoms with E-state index in [4.69, 9.17) is 15.1 Å². The van der Waals surface area contributed by atoms with Crippen molar-refractivity contribution in [1.82, 2.24) is 29.2 Å². The molecular weight excluding hydrogens is 868 g/mol. The molecule has 0 saturated carbocycles. The number of nitrogens with zero attached hydrogens (tertiary/aromatic N) is 7. The topological polar surface area (TPSA) is 55.0 Å². The smallest absolute Gasteiger partial charge is 0.198 e. The Morgan fingerprint density at radius 1 is 0.643 bits per heavy atom. The SMILES string of the molecule is CN1C=CN(c2[c-]c(B(c3[c-]c4c(cc3)c3ccccc3n4-c3ccccn3)c3c(-c4ccccc4)nn(-c4ccccc4)c3-c3ccccc3)cnc2)[CH-]1.[Pt]. The molecule has 9 heteroatoms. The van der Waals surface area contributed by atoms with Gasteiger partial charge in [-0.05, 0) is 66.2 Å². The fraction of sp³-hybridized carbons (Fsp3) is 0.0213. The van der Waals surface area contributed by atoms with Crippen LogP contribution in [0.15, 0.2) is 177 Å². The Morgan fingerprint density at radius 2 is 1.36 bits per heavy atom. The monoisotopic (exact) mass is 901 g/mol. The molecule has 0 amide bonds. The van der Waals surface area contributed by atoms with Gasteiger partial charge in [-0.3, -0.25) is 0 Å². The normalized spacial score (nSPS) is 12.4. The van der Waals surface area contributed by atoms with Crippen molar-refractivity contribution in [1.29, 1.82) is 0 Å². The molecule has 0 atom stereocenters. The van der Waals surface area contributed by atoms with Crippen molar-refractivity contribution in [3.63, 3.8) is 0 Å². The zero-order chi connectivity index (χ0) is 36.7. The summed E-state index contributed by atoms with van der Waals surface area (Å²) in [6.07, 6.45) is 9.67. The van der Waals surface area contributed by atoms with Crippen LogP contribution in [0, 0.1) is 18.8 Å². The summed E-state index contributed by atoms with van der Waals surface area (Å²) in [4.78, 5) is 13.7. The molecule has 0 unspecified atom stereocenters. The molecule has 1 aliphatic heterocycles. The van der Waals surface area contributed by atoms with Crippen molar-refractivity contribution in [3.8, 4) is 34.0 Å². The van der Waals surface area contributed by atoms with Crippen LogP contribution in [0.2, 0.25) is 0 Å². The first-order valence-electron chi connectivity index (χ1n) is 18.3. The Bertz CT molecular complexity index is 2820. The van der Waals surface area contributed by atoms with Crippen LogP contribution < -0.4 is 21.3 Å². The number of pyridine rings is 2. The van der Waals surface area contributed by atoms with Crippen LogP contribution in [0.25, 0.3) is 55.8 Å². The minimum Gasteiger partial charge on any atom is -0.510 e. The Labute approximate surface area is 340 Å². The van der Waals surface area contributed by atoms with Gasteiger partial charge in [0, 0.05) is 38.3 Å². The Kier molecular flexibility index (Phi) is 9.42. The fourth-order valence-corrected chi connectivity index (χ4v) is 7.69. The summed E-state index contributed by atoms with van der Waals surface area (Å²) in [6, 6.07) is 58.1. The van der Waals surface area contributed by atoms with Gasteiger partial charge >= 0.3 is 0 Å². The van der Waals surface area contributed by atoms with Gasteiger partial charge in [-0.25, -0.2) is 9.67 Å². The molecule has 0 saturated heterocycles. The minimum atomic E-state index is -0.390. The van der Waals surface area contributed by atoms with Gasteiger partial charge in [0.1, 0.15) is 5.82 Å².